The van der Waals surface area contributed by atoms with E-state index in [0.717, 1.165) is 31.7 Å². The summed E-state index contributed by atoms with van der Waals surface area (Å²) in [6, 6.07) is 5.28. The number of likely N-dealkylation sites (N-methyl/N-ethyl adjacent to an activating group) is 1. The fraction of sp³-hybridized carbons (Fsp3) is 0.667. The zero-order valence-corrected chi connectivity index (χ0v) is 18.4. The first-order valence-electron chi connectivity index (χ1n) is 11.6. The molecule has 1 aromatic carbocycles. The lowest BCUT2D eigenvalue weighted by Gasteiger charge is -2.37. The zero-order chi connectivity index (χ0) is 21.8. The third-order valence-corrected chi connectivity index (χ3v) is 7.05. The number of hydrogen-bond donors (Lipinski definition) is 0. The van der Waals surface area contributed by atoms with Crippen molar-refractivity contribution in [2.45, 2.75) is 50.5 Å². The minimum absolute atomic E-state index is 0.0214. The second-order valence-electron chi connectivity index (χ2n) is 9.07. The maximum absolute atomic E-state index is 13.0. The summed E-state index contributed by atoms with van der Waals surface area (Å²) in [6.45, 7) is 3.37. The highest BCUT2D eigenvalue weighted by atomic mass is 19.1. The minimum atomic E-state index is -0.645. The lowest BCUT2D eigenvalue weighted by molar-refractivity contribution is -0.137. The monoisotopic (exact) mass is 432 g/mol. The summed E-state index contributed by atoms with van der Waals surface area (Å²) >= 11 is 0. The van der Waals surface area contributed by atoms with Crippen molar-refractivity contribution < 1.29 is 23.5 Å². The quantitative estimate of drug-likeness (QED) is 0.617. The van der Waals surface area contributed by atoms with E-state index in [2.05, 4.69) is 4.90 Å². The van der Waals surface area contributed by atoms with E-state index < -0.39 is 12.3 Å². The molecular formula is C24H33FN2O4. The lowest BCUT2D eigenvalue weighted by atomic mass is 9.74. The van der Waals surface area contributed by atoms with Crippen molar-refractivity contribution in [2.24, 2.45) is 5.92 Å². The Kier molecular flexibility index (Phi) is 6.80. The number of carbonyl (C=O) groups is 2. The van der Waals surface area contributed by atoms with Gasteiger partial charge in [-0.15, -0.1) is 0 Å². The van der Waals surface area contributed by atoms with Gasteiger partial charge in [0.1, 0.15) is 24.6 Å². The van der Waals surface area contributed by atoms with Gasteiger partial charge in [-0.2, -0.15) is 0 Å². The van der Waals surface area contributed by atoms with Crippen molar-refractivity contribution in [3.8, 4) is 5.75 Å². The van der Waals surface area contributed by atoms with E-state index in [-0.39, 0.29) is 24.4 Å². The highest BCUT2D eigenvalue weighted by Gasteiger charge is 2.48. The molecule has 1 aromatic rings. The Hall–Kier alpha value is -2.15. The molecular weight excluding hydrogens is 399 g/mol. The molecule has 2 fully saturated rings. The molecule has 6 nitrogen and oxygen atoms in total. The largest absolute Gasteiger partial charge is 0.491 e. The third kappa shape index (κ3) is 4.71. The van der Waals surface area contributed by atoms with Crippen LogP contribution in [0.5, 0.6) is 5.75 Å². The van der Waals surface area contributed by atoms with Gasteiger partial charge in [-0.3, -0.25) is 4.79 Å². The number of halogens is 1. The van der Waals surface area contributed by atoms with Crippen molar-refractivity contribution in [2.75, 3.05) is 46.5 Å². The molecule has 2 aliphatic heterocycles. The molecule has 0 N–H and O–H groups in total. The van der Waals surface area contributed by atoms with Gasteiger partial charge in [0.15, 0.2) is 0 Å². The first-order valence-corrected chi connectivity index (χ1v) is 11.6. The summed E-state index contributed by atoms with van der Waals surface area (Å²) in [4.78, 5) is 29.8. The fourth-order valence-electron chi connectivity index (χ4n) is 5.22. The molecule has 0 atom stereocenters. The summed E-state index contributed by atoms with van der Waals surface area (Å²) in [5.41, 5.74) is 0.725. The van der Waals surface area contributed by atoms with Crippen molar-refractivity contribution in [3.05, 3.63) is 29.3 Å². The highest BCUT2D eigenvalue weighted by molar-refractivity contribution is 5.95. The van der Waals surface area contributed by atoms with Crippen molar-refractivity contribution in [1.82, 2.24) is 9.80 Å². The van der Waals surface area contributed by atoms with Crippen LogP contribution in [0.1, 0.15) is 60.9 Å². The Morgan fingerprint density at radius 1 is 1.26 bits per heavy atom. The van der Waals surface area contributed by atoms with Crippen LogP contribution < -0.4 is 4.74 Å². The summed E-state index contributed by atoms with van der Waals surface area (Å²) in [5.74, 6) is 0.298. The Morgan fingerprint density at radius 3 is 2.71 bits per heavy atom. The van der Waals surface area contributed by atoms with Crippen LogP contribution in [0.3, 0.4) is 0 Å². The SMILES string of the molecule is CN(CCN1CCCCC1)C(=O)[C@H]1CC[C@@]2(CC1)OC(=O)c1cc(OCCF)ccc12. The van der Waals surface area contributed by atoms with Gasteiger partial charge >= 0.3 is 5.97 Å². The fourth-order valence-corrected chi connectivity index (χ4v) is 5.22. The lowest BCUT2D eigenvalue weighted by Crippen LogP contribution is -2.43. The average molecular weight is 433 g/mol. The van der Waals surface area contributed by atoms with Crippen molar-refractivity contribution >= 4 is 11.9 Å². The molecule has 170 valence electrons. The molecule has 0 aromatic heterocycles. The van der Waals surface area contributed by atoms with Crippen LogP contribution in [0.2, 0.25) is 0 Å². The predicted molar refractivity (Wildman–Crippen MR) is 115 cm³/mol. The molecule has 0 unspecified atom stereocenters. The first-order chi connectivity index (χ1) is 15.0. The Morgan fingerprint density at radius 2 is 2.00 bits per heavy atom. The first kappa shape index (κ1) is 22.1. The summed E-state index contributed by atoms with van der Waals surface area (Å²) < 4.78 is 23.5. The summed E-state index contributed by atoms with van der Waals surface area (Å²) in [5, 5.41) is 0. The van der Waals surface area contributed by atoms with Gasteiger partial charge in [-0.05, 0) is 63.7 Å². The molecule has 7 heteroatoms. The second-order valence-corrected chi connectivity index (χ2v) is 9.07. The number of carbonyl (C=O) groups excluding carboxylic acids is 2. The Bertz CT molecular complexity index is 801. The maximum atomic E-state index is 13.0. The number of hydrogen-bond acceptors (Lipinski definition) is 5. The van der Waals surface area contributed by atoms with Gasteiger partial charge in [0, 0.05) is 31.6 Å². The zero-order valence-electron chi connectivity index (χ0n) is 18.4. The van der Waals surface area contributed by atoms with Crippen LogP contribution >= 0.6 is 0 Å². The normalized spacial score (nSPS) is 25.9. The van der Waals surface area contributed by atoms with Gasteiger partial charge in [-0.1, -0.05) is 12.5 Å². The van der Waals surface area contributed by atoms with Crippen LogP contribution in [0.4, 0.5) is 4.39 Å². The topological polar surface area (TPSA) is 59.1 Å². The molecule has 1 saturated heterocycles. The summed E-state index contributed by atoms with van der Waals surface area (Å²) in [6.07, 6.45) is 6.53. The highest BCUT2D eigenvalue weighted by Crippen LogP contribution is 2.49. The molecule has 3 aliphatic rings. The van der Waals surface area contributed by atoms with E-state index in [4.69, 9.17) is 9.47 Å². The van der Waals surface area contributed by atoms with Gasteiger partial charge < -0.3 is 19.3 Å². The van der Waals surface area contributed by atoms with Crippen LogP contribution in [-0.2, 0) is 15.1 Å². The average Bonchev–Trinajstić information content (AvgIpc) is 3.07. The van der Waals surface area contributed by atoms with Gasteiger partial charge in [-0.25, -0.2) is 9.18 Å². The molecule has 4 rings (SSSR count). The molecule has 0 radical (unpaired) electrons. The van der Waals surface area contributed by atoms with Crippen LogP contribution in [0.25, 0.3) is 0 Å². The van der Waals surface area contributed by atoms with Crippen LogP contribution in [0, 0.1) is 5.92 Å². The van der Waals surface area contributed by atoms with Gasteiger partial charge in [0.2, 0.25) is 5.91 Å². The molecule has 1 spiro atoms. The third-order valence-electron chi connectivity index (χ3n) is 7.05. The number of esters is 1. The predicted octanol–water partition coefficient (Wildman–Crippen LogP) is 3.54. The number of nitrogens with zero attached hydrogens (tertiary/aromatic N) is 2. The van der Waals surface area contributed by atoms with E-state index in [1.807, 2.05) is 18.0 Å². The number of alkyl halides is 1. The Labute approximate surface area is 183 Å². The minimum Gasteiger partial charge on any atom is -0.491 e. The smallest absolute Gasteiger partial charge is 0.339 e. The van der Waals surface area contributed by atoms with Gasteiger partial charge in [0.25, 0.3) is 0 Å². The molecule has 1 amide bonds. The van der Waals surface area contributed by atoms with E-state index in [1.54, 1.807) is 12.1 Å². The standard InChI is InChI=1S/C24H33FN2O4/c1-26(14-15-27-12-3-2-4-13-27)22(28)18-7-9-24(10-8-18)21-6-5-19(30-16-11-25)17-20(21)23(29)31-24/h5-6,17-18H,2-4,7-16H2,1H3/t18-,24-. The van der Waals surface area contributed by atoms with E-state index in [0.29, 0.717) is 37.0 Å². The molecule has 31 heavy (non-hydrogen) atoms. The van der Waals surface area contributed by atoms with Crippen molar-refractivity contribution in [1.29, 1.82) is 0 Å². The second kappa shape index (κ2) is 9.55. The number of fused-ring (bicyclic) bond motifs is 2. The molecule has 2 heterocycles. The maximum Gasteiger partial charge on any atom is 0.339 e. The van der Waals surface area contributed by atoms with Crippen LogP contribution in [0.15, 0.2) is 18.2 Å². The van der Waals surface area contributed by atoms with Crippen LogP contribution in [-0.4, -0.2) is 68.2 Å². The van der Waals surface area contributed by atoms with E-state index >= 15 is 0 Å². The Balaban J connectivity index is 1.34. The number of ether oxygens (including phenoxy) is 2. The number of benzene rings is 1. The number of likely N-dealkylation sites (tertiary alicyclic amines) is 1. The number of rotatable bonds is 7. The number of amides is 1. The van der Waals surface area contributed by atoms with Gasteiger partial charge in [0.05, 0.1) is 5.56 Å². The number of piperidine rings is 1. The molecule has 1 saturated carbocycles. The van der Waals surface area contributed by atoms with Crippen molar-refractivity contribution in [3.63, 3.8) is 0 Å². The van der Waals surface area contributed by atoms with E-state index in [1.165, 1.54) is 19.3 Å². The molecule has 0 bridgehead atoms. The van der Waals surface area contributed by atoms with E-state index in [9.17, 15) is 14.0 Å². The molecule has 1 aliphatic carbocycles. The summed E-state index contributed by atoms with van der Waals surface area (Å²) in [7, 11) is 1.90.